The van der Waals surface area contributed by atoms with Gasteiger partial charge in [0.05, 0.1) is 18.1 Å². The van der Waals surface area contributed by atoms with Crippen LogP contribution in [0.1, 0.15) is 83.8 Å². The molecule has 1 aliphatic rings. The van der Waals surface area contributed by atoms with Gasteiger partial charge in [-0.3, -0.25) is 4.79 Å². The molecule has 0 saturated heterocycles. The van der Waals surface area contributed by atoms with E-state index in [0.29, 0.717) is 30.1 Å². The normalized spacial score (nSPS) is 23.0. The summed E-state index contributed by atoms with van der Waals surface area (Å²) >= 11 is 0. The topological polar surface area (TPSA) is 87.0 Å². The van der Waals surface area contributed by atoms with Gasteiger partial charge < -0.3 is 20.1 Å². The van der Waals surface area contributed by atoms with Gasteiger partial charge in [-0.25, -0.2) is 0 Å². The number of phenols is 2. The minimum absolute atomic E-state index is 0.0193. The molecule has 1 aromatic carbocycles. The lowest BCUT2D eigenvalue weighted by Crippen LogP contribution is -2.32. The van der Waals surface area contributed by atoms with Gasteiger partial charge >= 0.3 is 5.97 Å². The maximum Gasteiger partial charge on any atom is 0.315 e. The first kappa shape index (κ1) is 22.5. The molecule has 0 aromatic heterocycles. The Balaban J connectivity index is 2.34. The van der Waals surface area contributed by atoms with Crippen LogP contribution in [-0.4, -0.2) is 34.0 Å². The Hall–Kier alpha value is -1.75. The molecule has 28 heavy (non-hydrogen) atoms. The predicted molar refractivity (Wildman–Crippen MR) is 110 cm³/mol. The number of esters is 1. The van der Waals surface area contributed by atoms with E-state index in [2.05, 4.69) is 13.8 Å². The number of carbonyl (C=O) groups is 1. The number of hydrogen-bond acceptors (Lipinski definition) is 5. The van der Waals surface area contributed by atoms with E-state index in [1.54, 1.807) is 26.0 Å². The molecule has 1 aliphatic carbocycles. The standard InChI is InChI=1S/C23H36O5/c1-6-7-10-28-22(27)23(4,5)15-11-19(25)21(20(26)12-15)18-13-16(24)8-9-17(18)14(2)3/h11-12,14,16-18,24-26H,6-10,13H2,1-5H3/t16-,17-,18+/m0/s1. The molecule has 0 bridgehead atoms. The monoisotopic (exact) mass is 392 g/mol. The second-order valence-corrected chi connectivity index (χ2v) is 9.02. The summed E-state index contributed by atoms with van der Waals surface area (Å²) in [5.41, 5.74) is 0.0200. The fourth-order valence-corrected chi connectivity index (χ4v) is 4.27. The van der Waals surface area contributed by atoms with E-state index in [-0.39, 0.29) is 29.3 Å². The first-order valence-electron chi connectivity index (χ1n) is 10.5. The molecule has 3 N–H and O–H groups in total. The maximum atomic E-state index is 12.5. The molecule has 0 heterocycles. The van der Waals surface area contributed by atoms with Crippen LogP contribution in [0.25, 0.3) is 0 Å². The average Bonchev–Trinajstić information content (AvgIpc) is 2.61. The van der Waals surface area contributed by atoms with Crippen molar-refractivity contribution in [3.63, 3.8) is 0 Å². The van der Waals surface area contributed by atoms with Gasteiger partial charge in [0.2, 0.25) is 0 Å². The van der Waals surface area contributed by atoms with E-state index in [9.17, 15) is 20.1 Å². The first-order valence-corrected chi connectivity index (χ1v) is 10.5. The van der Waals surface area contributed by atoms with Gasteiger partial charge in [0, 0.05) is 5.56 Å². The number of aliphatic hydroxyl groups is 1. The quantitative estimate of drug-likeness (QED) is 0.466. The summed E-state index contributed by atoms with van der Waals surface area (Å²) in [7, 11) is 0. The van der Waals surface area contributed by atoms with Gasteiger partial charge in [0.15, 0.2) is 0 Å². The van der Waals surface area contributed by atoms with Crippen molar-refractivity contribution in [1.82, 2.24) is 0 Å². The number of hydrogen-bond donors (Lipinski definition) is 3. The summed E-state index contributed by atoms with van der Waals surface area (Å²) in [5, 5.41) is 31.7. The van der Waals surface area contributed by atoms with Crippen molar-refractivity contribution in [2.75, 3.05) is 6.61 Å². The SMILES string of the molecule is CCCCOC(=O)C(C)(C)c1cc(O)c([C@@H]2C[C@@H](O)CC[C@H]2C(C)C)c(O)c1. The number of aliphatic hydroxyl groups excluding tert-OH is 1. The molecule has 1 aromatic rings. The smallest absolute Gasteiger partial charge is 0.315 e. The molecule has 0 aliphatic heterocycles. The van der Waals surface area contributed by atoms with Crippen LogP contribution in [0.3, 0.4) is 0 Å². The molecule has 1 saturated carbocycles. The van der Waals surface area contributed by atoms with Crippen LogP contribution in [0.5, 0.6) is 11.5 Å². The van der Waals surface area contributed by atoms with Crippen molar-refractivity contribution in [2.24, 2.45) is 11.8 Å². The molecule has 0 unspecified atom stereocenters. The summed E-state index contributed by atoms with van der Waals surface area (Å²) in [4.78, 5) is 12.5. The first-order chi connectivity index (χ1) is 13.1. The molecular weight excluding hydrogens is 356 g/mol. The number of rotatable bonds is 7. The number of aromatic hydroxyl groups is 2. The van der Waals surface area contributed by atoms with Gasteiger partial charge in [0.1, 0.15) is 11.5 Å². The lowest BCUT2D eigenvalue weighted by molar-refractivity contribution is -0.149. The zero-order valence-electron chi connectivity index (χ0n) is 17.9. The molecular formula is C23H36O5. The highest BCUT2D eigenvalue weighted by atomic mass is 16.5. The minimum atomic E-state index is -0.981. The molecule has 3 atom stereocenters. The minimum Gasteiger partial charge on any atom is -0.508 e. The van der Waals surface area contributed by atoms with Crippen molar-refractivity contribution in [2.45, 2.75) is 84.2 Å². The average molecular weight is 393 g/mol. The molecule has 158 valence electrons. The van der Waals surface area contributed by atoms with Crippen molar-refractivity contribution in [1.29, 1.82) is 0 Å². The van der Waals surface area contributed by atoms with E-state index in [0.717, 1.165) is 25.7 Å². The summed E-state index contributed by atoms with van der Waals surface area (Å²) in [6.07, 6.45) is 3.44. The van der Waals surface area contributed by atoms with Crippen molar-refractivity contribution < 1.29 is 24.9 Å². The Morgan fingerprint density at radius 2 is 1.82 bits per heavy atom. The number of carbonyl (C=O) groups excluding carboxylic acids is 1. The molecule has 0 amide bonds. The van der Waals surface area contributed by atoms with Crippen LogP contribution in [0.2, 0.25) is 0 Å². The molecule has 2 rings (SSSR count). The van der Waals surface area contributed by atoms with Gasteiger partial charge in [0.25, 0.3) is 0 Å². The highest BCUT2D eigenvalue weighted by Gasteiger charge is 2.38. The maximum absolute atomic E-state index is 12.5. The van der Waals surface area contributed by atoms with Gasteiger partial charge in [-0.05, 0) is 75.0 Å². The zero-order valence-corrected chi connectivity index (χ0v) is 17.9. The highest BCUT2D eigenvalue weighted by molar-refractivity contribution is 5.82. The van der Waals surface area contributed by atoms with E-state index < -0.39 is 11.5 Å². The van der Waals surface area contributed by atoms with Crippen LogP contribution in [0, 0.1) is 11.8 Å². The Labute approximate surface area is 168 Å². The molecule has 5 heteroatoms. The molecule has 0 radical (unpaired) electrons. The number of ether oxygens (including phenoxy) is 1. The molecule has 1 fully saturated rings. The van der Waals surface area contributed by atoms with Gasteiger partial charge in [-0.1, -0.05) is 27.2 Å². The van der Waals surface area contributed by atoms with Gasteiger partial charge in [-0.2, -0.15) is 0 Å². The van der Waals surface area contributed by atoms with Crippen molar-refractivity contribution >= 4 is 5.97 Å². The summed E-state index contributed by atoms with van der Waals surface area (Å²) in [6.45, 7) is 10.1. The van der Waals surface area contributed by atoms with E-state index in [1.807, 2.05) is 6.92 Å². The van der Waals surface area contributed by atoms with Crippen LogP contribution >= 0.6 is 0 Å². The van der Waals surface area contributed by atoms with Crippen LogP contribution in [-0.2, 0) is 14.9 Å². The second-order valence-electron chi connectivity index (χ2n) is 9.02. The fourth-order valence-electron chi connectivity index (χ4n) is 4.27. The van der Waals surface area contributed by atoms with E-state index in [1.165, 1.54) is 0 Å². The number of unbranched alkanes of at least 4 members (excludes halogenated alkanes) is 1. The van der Waals surface area contributed by atoms with Crippen LogP contribution in [0.4, 0.5) is 0 Å². The van der Waals surface area contributed by atoms with Crippen LogP contribution in [0.15, 0.2) is 12.1 Å². The van der Waals surface area contributed by atoms with Crippen LogP contribution < -0.4 is 0 Å². The summed E-state index contributed by atoms with van der Waals surface area (Å²) < 4.78 is 5.36. The predicted octanol–water partition coefficient (Wildman–Crippen LogP) is 4.62. The lowest BCUT2D eigenvalue weighted by atomic mass is 9.69. The summed E-state index contributed by atoms with van der Waals surface area (Å²) in [5.74, 6) is 0.125. The Morgan fingerprint density at radius 1 is 1.21 bits per heavy atom. The summed E-state index contributed by atoms with van der Waals surface area (Å²) in [6, 6.07) is 3.13. The fraction of sp³-hybridized carbons (Fsp3) is 0.696. The van der Waals surface area contributed by atoms with E-state index >= 15 is 0 Å². The zero-order chi connectivity index (χ0) is 21.1. The molecule has 5 nitrogen and oxygen atoms in total. The van der Waals surface area contributed by atoms with Crippen molar-refractivity contribution in [3.8, 4) is 11.5 Å². The third-order valence-corrected chi connectivity index (χ3v) is 6.20. The van der Waals surface area contributed by atoms with Crippen molar-refractivity contribution in [3.05, 3.63) is 23.3 Å². The van der Waals surface area contributed by atoms with Gasteiger partial charge in [-0.15, -0.1) is 0 Å². The highest BCUT2D eigenvalue weighted by Crippen LogP contribution is 2.48. The number of phenolic OH excluding ortho intramolecular Hbond substituents is 2. The second kappa shape index (κ2) is 9.17. The largest absolute Gasteiger partial charge is 0.508 e. The Morgan fingerprint density at radius 3 is 2.36 bits per heavy atom. The molecule has 0 spiro atoms. The third-order valence-electron chi connectivity index (χ3n) is 6.20. The Bertz CT molecular complexity index is 657. The van der Waals surface area contributed by atoms with E-state index in [4.69, 9.17) is 4.74 Å². The Kier molecular flexibility index (Phi) is 7.38. The number of benzene rings is 1. The lowest BCUT2D eigenvalue weighted by Gasteiger charge is -2.37. The third kappa shape index (κ3) is 4.80.